The van der Waals surface area contributed by atoms with E-state index in [0.29, 0.717) is 6.29 Å². The predicted octanol–water partition coefficient (Wildman–Crippen LogP) is 2.43. The number of anilines is 2. The van der Waals surface area contributed by atoms with Crippen molar-refractivity contribution in [3.63, 3.8) is 0 Å². The first-order valence-electron chi connectivity index (χ1n) is 12.9. The van der Waals surface area contributed by atoms with Gasteiger partial charge in [0.15, 0.2) is 0 Å². The number of hydrogen-bond donors (Lipinski definition) is 3. The number of fused-ring (bicyclic) bond motifs is 1. The molecule has 0 saturated heterocycles. The van der Waals surface area contributed by atoms with Gasteiger partial charge in [0, 0.05) is 11.8 Å². The second-order valence-corrected chi connectivity index (χ2v) is 9.82. The maximum Gasteiger partial charge on any atom is 0.306 e. The van der Waals surface area contributed by atoms with Gasteiger partial charge in [0.25, 0.3) is 11.8 Å². The number of aldehydes is 1. The topological polar surface area (TPSA) is 153 Å². The van der Waals surface area contributed by atoms with E-state index < -0.39 is 48.1 Å². The Morgan fingerprint density at radius 1 is 0.881 bits per heavy atom. The molecule has 4 rings (SSSR count). The van der Waals surface area contributed by atoms with Crippen LogP contribution in [0.1, 0.15) is 29.3 Å². The first-order chi connectivity index (χ1) is 20.1. The van der Waals surface area contributed by atoms with Gasteiger partial charge in [-0.05, 0) is 36.8 Å². The minimum atomic E-state index is -1.73. The fraction of sp³-hybridized carbons (Fsp3) is 0.161. The molecule has 0 saturated carbocycles. The summed E-state index contributed by atoms with van der Waals surface area (Å²) in [7, 11) is 0. The highest BCUT2D eigenvalue weighted by atomic mass is 16.4. The van der Waals surface area contributed by atoms with Crippen molar-refractivity contribution in [3.8, 4) is 0 Å². The fourth-order valence-electron chi connectivity index (χ4n) is 4.42. The average molecular weight is 569 g/mol. The molecule has 1 aliphatic rings. The van der Waals surface area contributed by atoms with Crippen LogP contribution in [0.25, 0.3) is 0 Å². The summed E-state index contributed by atoms with van der Waals surface area (Å²) < 4.78 is 0. The van der Waals surface area contributed by atoms with Gasteiger partial charge < -0.3 is 20.5 Å². The Kier molecular flexibility index (Phi) is 8.91. The van der Waals surface area contributed by atoms with E-state index in [0.717, 1.165) is 10.5 Å². The number of benzene rings is 3. The molecule has 4 amide bonds. The van der Waals surface area contributed by atoms with Gasteiger partial charge in [0.2, 0.25) is 11.8 Å². The summed E-state index contributed by atoms with van der Waals surface area (Å²) in [5, 5.41) is 14.1. The smallest absolute Gasteiger partial charge is 0.306 e. The average Bonchev–Trinajstić information content (AvgIpc) is 3.08. The lowest BCUT2D eigenvalue weighted by Crippen LogP contribution is -2.53. The van der Waals surface area contributed by atoms with Crippen LogP contribution in [0.15, 0.2) is 96.8 Å². The van der Waals surface area contributed by atoms with E-state index in [9.17, 15) is 28.8 Å². The van der Waals surface area contributed by atoms with Crippen LogP contribution in [0.4, 0.5) is 11.4 Å². The van der Waals surface area contributed by atoms with Crippen molar-refractivity contribution in [2.24, 2.45) is 0 Å². The number of aliphatic carboxylic acids is 1. The summed E-state index contributed by atoms with van der Waals surface area (Å²) in [6.07, 6.45) is 0.845. The van der Waals surface area contributed by atoms with Crippen LogP contribution in [0.3, 0.4) is 0 Å². The van der Waals surface area contributed by atoms with Crippen molar-refractivity contribution < 1.29 is 33.9 Å². The molecule has 0 fully saturated rings. The van der Waals surface area contributed by atoms with Gasteiger partial charge in [-0.1, -0.05) is 60.7 Å². The lowest BCUT2D eigenvalue weighted by molar-refractivity contribution is -0.140. The van der Waals surface area contributed by atoms with E-state index in [2.05, 4.69) is 10.6 Å². The molecule has 3 N–H and O–H groups in total. The van der Waals surface area contributed by atoms with Crippen molar-refractivity contribution in [1.82, 2.24) is 10.6 Å². The van der Waals surface area contributed by atoms with Gasteiger partial charge in [0.1, 0.15) is 24.1 Å². The highest BCUT2D eigenvalue weighted by molar-refractivity contribution is 6.16. The number of carbonyl (C=O) groups excluding carboxylic acids is 5. The third kappa shape index (κ3) is 6.94. The maximum absolute atomic E-state index is 13.9. The van der Waals surface area contributed by atoms with Crippen LogP contribution in [-0.4, -0.2) is 53.1 Å². The summed E-state index contributed by atoms with van der Waals surface area (Å²) in [6.45, 7) is 0.609. The Balaban J connectivity index is 1.74. The van der Waals surface area contributed by atoms with Crippen LogP contribution in [-0.2, 0) is 30.4 Å². The number of nitrogens with zero attached hydrogens (tertiary/aromatic N) is 2. The van der Waals surface area contributed by atoms with E-state index in [4.69, 9.17) is 5.11 Å². The number of para-hydroxylation sites is 2. The Morgan fingerprint density at radius 2 is 1.48 bits per heavy atom. The van der Waals surface area contributed by atoms with Crippen molar-refractivity contribution in [2.45, 2.75) is 25.3 Å². The molecular formula is C31H28N4O7. The molecule has 11 nitrogen and oxygen atoms in total. The summed E-state index contributed by atoms with van der Waals surface area (Å²) >= 11 is 0. The largest absolute Gasteiger partial charge is 0.481 e. The molecule has 0 aliphatic carbocycles. The van der Waals surface area contributed by atoms with E-state index >= 15 is 0 Å². The summed E-state index contributed by atoms with van der Waals surface area (Å²) in [4.78, 5) is 78.9. The van der Waals surface area contributed by atoms with Gasteiger partial charge >= 0.3 is 5.97 Å². The van der Waals surface area contributed by atoms with Gasteiger partial charge in [0.05, 0.1) is 24.2 Å². The number of carbonyl (C=O) groups is 6. The molecule has 11 heteroatoms. The second-order valence-electron chi connectivity index (χ2n) is 9.82. The van der Waals surface area contributed by atoms with Crippen molar-refractivity contribution in [1.29, 1.82) is 0 Å². The highest BCUT2D eigenvalue weighted by Gasteiger charge is 2.35. The van der Waals surface area contributed by atoms with E-state index in [1.807, 2.05) is 6.07 Å². The van der Waals surface area contributed by atoms with Crippen molar-refractivity contribution in [3.05, 3.63) is 108 Å². The molecular weight excluding hydrogens is 540 g/mol. The second kappa shape index (κ2) is 12.7. The molecule has 1 aliphatic heterocycles. The zero-order chi connectivity index (χ0) is 30.3. The molecule has 3 aromatic rings. The van der Waals surface area contributed by atoms with Gasteiger partial charge in [-0.15, -0.1) is 0 Å². The third-order valence-electron chi connectivity index (χ3n) is 6.42. The van der Waals surface area contributed by atoms with Crippen LogP contribution >= 0.6 is 0 Å². The summed E-state index contributed by atoms with van der Waals surface area (Å²) in [5.74, 6) is -3.96. The van der Waals surface area contributed by atoms with Crippen molar-refractivity contribution in [2.75, 3.05) is 16.3 Å². The minimum Gasteiger partial charge on any atom is -0.481 e. The zero-order valence-electron chi connectivity index (χ0n) is 22.7. The lowest BCUT2D eigenvalue weighted by Gasteiger charge is -2.28. The molecule has 0 radical (unpaired) electrons. The minimum absolute atomic E-state index is 0.0207. The standard InChI is InChI=1S/C31H28N4O7/c1-31(20-36,17-28(39)40)33-26(37)19-35-25-15-9-8-14-24(25)34(27(38)16-21-10-4-2-5-11-21)18-23(30(35)42)32-29(41)22-12-6-3-7-13-22/h2-15,18,20H,16-17,19H2,1H3,(H,32,41)(H,33,37)(H,39,40). The van der Waals surface area contributed by atoms with Gasteiger partial charge in [-0.3, -0.25) is 33.8 Å². The first-order valence-corrected chi connectivity index (χ1v) is 12.9. The van der Waals surface area contributed by atoms with Gasteiger partial charge in [-0.2, -0.15) is 0 Å². The Morgan fingerprint density at radius 3 is 2.10 bits per heavy atom. The maximum atomic E-state index is 13.9. The molecule has 1 heterocycles. The molecule has 1 atom stereocenters. The summed E-state index contributed by atoms with van der Waals surface area (Å²) in [5.41, 5.74) is -0.568. The van der Waals surface area contributed by atoms with Crippen LogP contribution < -0.4 is 20.4 Å². The molecule has 0 spiro atoms. The lowest BCUT2D eigenvalue weighted by atomic mass is 10.00. The van der Waals surface area contributed by atoms with E-state index in [-0.39, 0.29) is 29.1 Å². The SMILES string of the molecule is CC(C=O)(CC(=O)O)NC(=O)CN1C(=O)C(NC(=O)c2ccccc2)=CN(C(=O)Cc2ccccc2)c2ccccc21. The number of carboxylic acid groups (broad SMARTS) is 1. The van der Waals surface area contributed by atoms with E-state index in [1.165, 1.54) is 24.1 Å². The van der Waals surface area contributed by atoms with E-state index in [1.54, 1.807) is 72.8 Å². The third-order valence-corrected chi connectivity index (χ3v) is 6.42. The monoisotopic (exact) mass is 568 g/mol. The number of nitrogens with one attached hydrogen (secondary N) is 2. The number of rotatable bonds is 10. The molecule has 214 valence electrons. The fourth-order valence-corrected chi connectivity index (χ4v) is 4.42. The Labute approximate surface area is 241 Å². The van der Waals surface area contributed by atoms with Crippen LogP contribution in [0, 0.1) is 0 Å². The van der Waals surface area contributed by atoms with Crippen molar-refractivity contribution >= 4 is 47.3 Å². The zero-order valence-corrected chi connectivity index (χ0v) is 22.7. The molecule has 0 bridgehead atoms. The first kappa shape index (κ1) is 29.4. The molecule has 3 aromatic carbocycles. The molecule has 1 unspecified atom stereocenters. The Hall–Kier alpha value is -5.58. The van der Waals surface area contributed by atoms with Crippen LogP contribution in [0.5, 0.6) is 0 Å². The molecule has 42 heavy (non-hydrogen) atoms. The predicted molar refractivity (Wildman–Crippen MR) is 153 cm³/mol. The highest BCUT2D eigenvalue weighted by Crippen LogP contribution is 2.34. The normalized spacial score (nSPS) is 14.0. The van der Waals surface area contributed by atoms with Crippen LogP contribution in [0.2, 0.25) is 0 Å². The number of amides is 4. The number of hydrogen-bond acceptors (Lipinski definition) is 6. The quantitative estimate of drug-likeness (QED) is 0.318. The van der Waals surface area contributed by atoms with Gasteiger partial charge in [-0.25, -0.2) is 0 Å². The number of carboxylic acids is 1. The molecule has 0 aromatic heterocycles. The summed E-state index contributed by atoms with van der Waals surface area (Å²) in [6, 6.07) is 23.5. The Bertz CT molecular complexity index is 1560.